The van der Waals surface area contributed by atoms with Gasteiger partial charge in [-0.05, 0) is 51.8 Å². The molecule has 0 bridgehead atoms. The molecule has 0 saturated heterocycles. The van der Waals surface area contributed by atoms with Crippen molar-refractivity contribution < 1.29 is 14.3 Å². The maximum absolute atomic E-state index is 12.1. The lowest BCUT2D eigenvalue weighted by molar-refractivity contribution is -0.125. The number of ether oxygens (including phenoxy) is 1. The highest BCUT2D eigenvalue weighted by atomic mass is 79.9. The van der Waals surface area contributed by atoms with Gasteiger partial charge in [-0.2, -0.15) is 0 Å². The van der Waals surface area contributed by atoms with Gasteiger partial charge in [0.1, 0.15) is 0 Å². The van der Waals surface area contributed by atoms with Crippen LogP contribution in [0.3, 0.4) is 0 Å². The quantitative estimate of drug-likeness (QED) is 0.570. The van der Waals surface area contributed by atoms with Gasteiger partial charge >= 0.3 is 5.97 Å². The molecule has 0 fully saturated rings. The van der Waals surface area contributed by atoms with E-state index in [1.165, 1.54) is 13.2 Å². The molecule has 1 aromatic heterocycles. The Morgan fingerprint density at radius 2 is 1.91 bits per heavy atom. The predicted octanol–water partition coefficient (Wildman–Crippen LogP) is 3.97. The number of carbonyl (C=O) groups excluding carboxylic acids is 2. The highest BCUT2D eigenvalue weighted by molar-refractivity contribution is 9.11. The van der Waals surface area contributed by atoms with Gasteiger partial charge in [0.05, 0.1) is 23.0 Å². The Morgan fingerprint density at radius 3 is 2.48 bits per heavy atom. The van der Waals surface area contributed by atoms with Crippen LogP contribution in [-0.4, -0.2) is 30.9 Å². The molecule has 0 aliphatic heterocycles. The van der Waals surface area contributed by atoms with Crippen LogP contribution in [0, 0.1) is 0 Å². The summed E-state index contributed by atoms with van der Waals surface area (Å²) in [5, 5.41) is 0. The number of hydrogen-bond acceptors (Lipinski definition) is 4. The number of carbonyl (C=O) groups is 2. The predicted molar refractivity (Wildman–Crippen MR) is 95.3 cm³/mol. The van der Waals surface area contributed by atoms with Gasteiger partial charge in [0.2, 0.25) is 5.91 Å². The van der Waals surface area contributed by atoms with Crippen LogP contribution in [0.1, 0.15) is 20.8 Å². The van der Waals surface area contributed by atoms with Gasteiger partial charge < -0.3 is 9.64 Å². The molecule has 1 heterocycles. The smallest absolute Gasteiger partial charge is 0.337 e. The fourth-order valence-electron chi connectivity index (χ4n) is 1.89. The summed E-state index contributed by atoms with van der Waals surface area (Å²) in [7, 11) is 3.11. The van der Waals surface area contributed by atoms with Crippen molar-refractivity contribution in [3.63, 3.8) is 0 Å². The highest BCUT2D eigenvalue weighted by Crippen LogP contribution is 2.23. The lowest BCUT2D eigenvalue weighted by Crippen LogP contribution is -2.23. The number of likely N-dealkylation sites (N-methyl/N-ethyl adjacent to an activating group) is 1. The van der Waals surface area contributed by atoms with Gasteiger partial charge in [-0.3, -0.25) is 4.79 Å². The number of amides is 1. The number of thiophene rings is 1. The molecule has 0 radical (unpaired) electrons. The van der Waals surface area contributed by atoms with E-state index in [1.807, 2.05) is 12.1 Å². The van der Waals surface area contributed by atoms with Crippen LogP contribution in [0.5, 0.6) is 0 Å². The Bertz CT molecular complexity index is 722. The minimum Gasteiger partial charge on any atom is -0.465 e. The average Bonchev–Trinajstić information content (AvgIpc) is 2.97. The van der Waals surface area contributed by atoms with Gasteiger partial charge in [-0.15, -0.1) is 11.3 Å². The topological polar surface area (TPSA) is 46.6 Å². The number of methoxy groups -OCH3 is 1. The Kier molecular flexibility index (Phi) is 6.12. The van der Waals surface area contributed by atoms with E-state index in [2.05, 4.69) is 20.7 Å². The molecule has 0 atom stereocenters. The second-order valence-electron chi connectivity index (χ2n) is 4.85. The summed E-state index contributed by atoms with van der Waals surface area (Å²) in [6, 6.07) is 10.8. The normalized spacial score (nSPS) is 10.7. The van der Waals surface area contributed by atoms with E-state index in [4.69, 9.17) is 0 Å². The summed E-state index contributed by atoms with van der Waals surface area (Å²) in [6.45, 7) is 0.570. The molecule has 6 heteroatoms. The van der Waals surface area contributed by atoms with E-state index in [-0.39, 0.29) is 11.9 Å². The highest BCUT2D eigenvalue weighted by Gasteiger charge is 2.08. The Hall–Kier alpha value is -1.92. The van der Waals surface area contributed by atoms with Crippen LogP contribution in [0.4, 0.5) is 0 Å². The lowest BCUT2D eigenvalue weighted by atomic mass is 10.1. The van der Waals surface area contributed by atoms with Crippen LogP contribution >= 0.6 is 27.3 Å². The van der Waals surface area contributed by atoms with Crippen LogP contribution < -0.4 is 0 Å². The van der Waals surface area contributed by atoms with Crippen LogP contribution in [0.25, 0.3) is 6.08 Å². The van der Waals surface area contributed by atoms with E-state index >= 15 is 0 Å². The minimum absolute atomic E-state index is 0.0773. The van der Waals surface area contributed by atoms with Gasteiger partial charge in [0, 0.05) is 18.0 Å². The number of esters is 1. The van der Waals surface area contributed by atoms with E-state index < -0.39 is 0 Å². The maximum Gasteiger partial charge on any atom is 0.337 e. The number of hydrogen-bond donors (Lipinski definition) is 0. The maximum atomic E-state index is 12.1. The molecule has 1 aromatic carbocycles. The molecule has 120 valence electrons. The van der Waals surface area contributed by atoms with Crippen molar-refractivity contribution in [2.24, 2.45) is 0 Å². The SMILES string of the molecule is COC(=O)c1ccc(C=CC(=O)N(C)Cc2ccc(Br)s2)cc1. The molecule has 0 spiro atoms. The first-order valence-corrected chi connectivity index (χ1v) is 8.46. The first-order valence-electron chi connectivity index (χ1n) is 6.85. The Labute approximate surface area is 147 Å². The lowest BCUT2D eigenvalue weighted by Gasteiger charge is -2.13. The zero-order valence-corrected chi connectivity index (χ0v) is 15.2. The third-order valence-electron chi connectivity index (χ3n) is 3.15. The number of halogens is 1. The molecular weight excluding hydrogens is 378 g/mol. The largest absolute Gasteiger partial charge is 0.465 e. The van der Waals surface area contributed by atoms with Gasteiger partial charge in [-0.1, -0.05) is 12.1 Å². The number of rotatable bonds is 5. The van der Waals surface area contributed by atoms with Crippen molar-refractivity contribution in [3.8, 4) is 0 Å². The molecule has 4 nitrogen and oxygen atoms in total. The number of nitrogens with zero attached hydrogens (tertiary/aromatic N) is 1. The Balaban J connectivity index is 1.95. The zero-order valence-electron chi connectivity index (χ0n) is 12.8. The van der Waals surface area contributed by atoms with Crippen molar-refractivity contribution in [2.75, 3.05) is 14.2 Å². The molecule has 23 heavy (non-hydrogen) atoms. The second kappa shape index (κ2) is 8.08. The summed E-state index contributed by atoms with van der Waals surface area (Å²) in [5.74, 6) is -0.454. The fraction of sp³-hybridized carbons (Fsp3) is 0.176. The van der Waals surface area contributed by atoms with Crippen molar-refractivity contribution in [1.29, 1.82) is 0 Å². The van der Waals surface area contributed by atoms with Crippen molar-refractivity contribution in [2.45, 2.75) is 6.54 Å². The second-order valence-corrected chi connectivity index (χ2v) is 7.39. The molecule has 2 rings (SSSR count). The summed E-state index contributed by atoms with van der Waals surface area (Å²) >= 11 is 5.02. The summed E-state index contributed by atoms with van der Waals surface area (Å²) in [5.41, 5.74) is 1.33. The van der Waals surface area contributed by atoms with E-state index in [0.717, 1.165) is 14.2 Å². The molecule has 0 saturated carbocycles. The van der Waals surface area contributed by atoms with Gasteiger partial charge in [0.25, 0.3) is 0 Å². The van der Waals surface area contributed by atoms with Crippen LogP contribution in [0.2, 0.25) is 0 Å². The van der Waals surface area contributed by atoms with Crippen molar-refractivity contribution >= 4 is 45.2 Å². The van der Waals surface area contributed by atoms with Crippen LogP contribution in [0.15, 0.2) is 46.3 Å². The van der Waals surface area contributed by atoms with Crippen molar-refractivity contribution in [1.82, 2.24) is 4.90 Å². The Morgan fingerprint density at radius 1 is 1.22 bits per heavy atom. The molecule has 0 N–H and O–H groups in total. The monoisotopic (exact) mass is 393 g/mol. The van der Waals surface area contributed by atoms with Gasteiger partial charge in [0.15, 0.2) is 0 Å². The van der Waals surface area contributed by atoms with Gasteiger partial charge in [-0.25, -0.2) is 4.79 Å². The third-order valence-corrected chi connectivity index (χ3v) is 4.76. The minimum atomic E-state index is -0.376. The van der Waals surface area contributed by atoms with E-state index in [0.29, 0.717) is 12.1 Å². The third kappa shape index (κ3) is 5.04. The van der Waals surface area contributed by atoms with Crippen molar-refractivity contribution in [3.05, 3.63) is 62.3 Å². The molecule has 0 aliphatic rings. The standard InChI is InChI=1S/C17H16BrNO3S/c1-19(11-14-8-9-15(18)23-14)16(20)10-5-12-3-6-13(7-4-12)17(21)22-2/h3-10H,11H2,1-2H3. The first-order chi connectivity index (χ1) is 11.0. The number of benzene rings is 1. The first kappa shape index (κ1) is 17.4. The fourth-order valence-corrected chi connectivity index (χ4v) is 3.43. The summed E-state index contributed by atoms with van der Waals surface area (Å²) in [4.78, 5) is 26.2. The van der Waals surface area contributed by atoms with E-state index in [1.54, 1.807) is 53.6 Å². The zero-order chi connectivity index (χ0) is 16.8. The molecule has 2 aromatic rings. The molecule has 0 unspecified atom stereocenters. The molecule has 0 aliphatic carbocycles. The van der Waals surface area contributed by atoms with Crippen LogP contribution in [-0.2, 0) is 16.1 Å². The molecular formula is C17H16BrNO3S. The van der Waals surface area contributed by atoms with E-state index in [9.17, 15) is 9.59 Å². The average molecular weight is 394 g/mol. The summed E-state index contributed by atoms with van der Waals surface area (Å²) < 4.78 is 5.69. The summed E-state index contributed by atoms with van der Waals surface area (Å²) in [6.07, 6.45) is 3.25. The molecule has 1 amide bonds.